The van der Waals surface area contributed by atoms with Gasteiger partial charge < -0.3 is 4.74 Å². The Morgan fingerprint density at radius 2 is 1.82 bits per heavy atom. The number of anilines is 1. The molecule has 6 heteroatoms. The van der Waals surface area contributed by atoms with Gasteiger partial charge in [-0.3, -0.25) is 4.72 Å². The minimum atomic E-state index is -3.68. The number of para-hydroxylation sites is 1. The van der Waals surface area contributed by atoms with Crippen molar-refractivity contribution in [3.8, 4) is 0 Å². The van der Waals surface area contributed by atoms with Crippen molar-refractivity contribution in [1.82, 2.24) is 0 Å². The summed E-state index contributed by atoms with van der Waals surface area (Å²) in [5.74, 6) is -0.504. The normalized spacial score (nSPS) is 11.3. The predicted octanol–water partition coefficient (Wildman–Crippen LogP) is 2.67. The van der Waals surface area contributed by atoms with E-state index in [0.29, 0.717) is 11.3 Å². The molecule has 22 heavy (non-hydrogen) atoms. The fourth-order valence-electron chi connectivity index (χ4n) is 1.74. The van der Waals surface area contributed by atoms with Crippen LogP contribution in [-0.2, 0) is 19.6 Å². The second-order valence-corrected chi connectivity index (χ2v) is 6.08. The van der Waals surface area contributed by atoms with Crippen LogP contribution in [0.2, 0.25) is 0 Å². The van der Waals surface area contributed by atoms with E-state index in [9.17, 15) is 13.2 Å². The van der Waals surface area contributed by atoms with Crippen LogP contribution >= 0.6 is 0 Å². The summed E-state index contributed by atoms with van der Waals surface area (Å²) < 4.78 is 31.6. The monoisotopic (exact) mass is 317 g/mol. The van der Waals surface area contributed by atoms with Crippen molar-refractivity contribution >= 4 is 27.8 Å². The quantitative estimate of drug-likeness (QED) is 0.680. The maximum absolute atomic E-state index is 12.3. The summed E-state index contributed by atoms with van der Waals surface area (Å²) in [6, 6.07) is 14.9. The number of nitrogens with one attached hydrogen (secondary N) is 1. The second-order valence-electron chi connectivity index (χ2n) is 4.40. The average Bonchev–Trinajstić information content (AvgIpc) is 2.53. The van der Waals surface area contributed by atoms with E-state index < -0.39 is 16.0 Å². The van der Waals surface area contributed by atoms with Crippen LogP contribution in [0.1, 0.15) is 5.56 Å². The van der Waals surface area contributed by atoms with Gasteiger partial charge in [0, 0.05) is 11.8 Å². The Kier molecular flexibility index (Phi) is 4.95. The van der Waals surface area contributed by atoms with E-state index in [2.05, 4.69) is 9.46 Å². The number of benzene rings is 2. The van der Waals surface area contributed by atoms with Crippen molar-refractivity contribution in [2.24, 2.45) is 0 Å². The fraction of sp³-hybridized carbons (Fsp3) is 0.0625. The molecule has 0 spiro atoms. The van der Waals surface area contributed by atoms with E-state index in [0.717, 1.165) is 0 Å². The number of carbonyl (C=O) groups is 1. The van der Waals surface area contributed by atoms with Crippen molar-refractivity contribution in [3.05, 3.63) is 66.2 Å². The Hall–Kier alpha value is -2.60. The fourth-order valence-corrected chi connectivity index (χ4v) is 2.85. The predicted molar refractivity (Wildman–Crippen MR) is 84.7 cm³/mol. The van der Waals surface area contributed by atoms with Crippen LogP contribution in [0.4, 0.5) is 5.69 Å². The first-order valence-corrected chi connectivity index (χ1v) is 7.93. The molecular formula is C16H15NO4S. The number of sulfonamides is 1. The van der Waals surface area contributed by atoms with Gasteiger partial charge in [0.2, 0.25) is 0 Å². The molecule has 1 N–H and O–H groups in total. The summed E-state index contributed by atoms with van der Waals surface area (Å²) in [5, 5.41) is 0. The number of carbonyl (C=O) groups excluding carboxylic acids is 1. The third kappa shape index (κ3) is 4.20. The highest BCUT2D eigenvalue weighted by Gasteiger charge is 2.14. The first kappa shape index (κ1) is 15.8. The Morgan fingerprint density at radius 3 is 2.50 bits per heavy atom. The lowest BCUT2D eigenvalue weighted by Crippen LogP contribution is -2.12. The first-order valence-electron chi connectivity index (χ1n) is 6.45. The summed E-state index contributed by atoms with van der Waals surface area (Å²) in [4.78, 5) is 11.2. The Bertz CT molecular complexity index is 783. The molecule has 0 bridgehead atoms. The molecule has 2 rings (SSSR count). The molecular weight excluding hydrogens is 302 g/mol. The number of hydrogen-bond donors (Lipinski definition) is 1. The molecule has 0 fully saturated rings. The topological polar surface area (TPSA) is 72.5 Å². The Morgan fingerprint density at radius 1 is 1.09 bits per heavy atom. The molecule has 0 saturated carbocycles. The highest BCUT2D eigenvalue weighted by molar-refractivity contribution is 7.92. The lowest BCUT2D eigenvalue weighted by molar-refractivity contribution is -0.134. The van der Waals surface area contributed by atoms with Gasteiger partial charge in [-0.1, -0.05) is 30.3 Å². The molecule has 0 saturated heterocycles. The molecule has 0 aliphatic heterocycles. The van der Waals surface area contributed by atoms with Gasteiger partial charge in [-0.2, -0.15) is 0 Å². The average molecular weight is 317 g/mol. The van der Waals surface area contributed by atoms with Crippen LogP contribution in [0.3, 0.4) is 0 Å². The molecule has 5 nitrogen and oxygen atoms in total. The molecule has 0 heterocycles. The van der Waals surface area contributed by atoms with Gasteiger partial charge in [0.15, 0.2) is 0 Å². The SMILES string of the molecule is COC(=O)C=Cc1cccc(S(=O)(=O)Nc2ccccc2)c1. The van der Waals surface area contributed by atoms with Gasteiger partial charge in [-0.05, 0) is 35.9 Å². The molecule has 0 aliphatic rings. The molecule has 0 aliphatic carbocycles. The van der Waals surface area contributed by atoms with Crippen LogP contribution < -0.4 is 4.72 Å². The minimum absolute atomic E-state index is 0.114. The minimum Gasteiger partial charge on any atom is -0.466 e. The summed E-state index contributed by atoms with van der Waals surface area (Å²) in [6.07, 6.45) is 2.73. The summed E-state index contributed by atoms with van der Waals surface area (Å²) in [6.45, 7) is 0. The third-order valence-electron chi connectivity index (χ3n) is 2.81. The number of methoxy groups -OCH3 is 1. The summed E-state index contributed by atoms with van der Waals surface area (Å²) in [7, 11) is -2.40. The first-order chi connectivity index (χ1) is 10.5. The van der Waals surface area contributed by atoms with E-state index in [1.54, 1.807) is 42.5 Å². The molecule has 2 aromatic rings. The zero-order valence-electron chi connectivity index (χ0n) is 11.9. The van der Waals surface area contributed by atoms with Crippen molar-refractivity contribution in [2.75, 3.05) is 11.8 Å². The molecule has 2 aromatic carbocycles. The standard InChI is InChI=1S/C16H15NO4S/c1-21-16(18)11-10-13-6-5-9-15(12-13)22(19,20)17-14-7-3-2-4-8-14/h2-12,17H,1H3. The zero-order chi connectivity index (χ0) is 16.0. The number of hydrogen-bond acceptors (Lipinski definition) is 4. The van der Waals surface area contributed by atoms with Crippen molar-refractivity contribution in [2.45, 2.75) is 4.90 Å². The zero-order valence-corrected chi connectivity index (χ0v) is 12.7. The maximum atomic E-state index is 12.3. The smallest absolute Gasteiger partial charge is 0.330 e. The van der Waals surface area contributed by atoms with Crippen molar-refractivity contribution < 1.29 is 17.9 Å². The largest absolute Gasteiger partial charge is 0.466 e. The van der Waals surface area contributed by atoms with E-state index in [1.807, 2.05) is 0 Å². The van der Waals surface area contributed by atoms with E-state index >= 15 is 0 Å². The Balaban J connectivity index is 2.25. The second kappa shape index (κ2) is 6.91. The van der Waals surface area contributed by atoms with Crippen LogP contribution in [0.15, 0.2) is 65.6 Å². The van der Waals surface area contributed by atoms with E-state index in [-0.39, 0.29) is 4.90 Å². The van der Waals surface area contributed by atoms with Gasteiger partial charge in [-0.25, -0.2) is 13.2 Å². The van der Waals surface area contributed by atoms with Crippen LogP contribution in [0, 0.1) is 0 Å². The van der Waals surface area contributed by atoms with E-state index in [1.165, 1.54) is 31.4 Å². The van der Waals surface area contributed by atoms with Gasteiger partial charge in [0.25, 0.3) is 10.0 Å². The van der Waals surface area contributed by atoms with Crippen LogP contribution in [0.5, 0.6) is 0 Å². The molecule has 0 atom stereocenters. The maximum Gasteiger partial charge on any atom is 0.330 e. The molecule has 0 radical (unpaired) electrons. The number of rotatable bonds is 5. The number of esters is 1. The highest BCUT2D eigenvalue weighted by atomic mass is 32.2. The van der Waals surface area contributed by atoms with Crippen LogP contribution in [-0.4, -0.2) is 21.5 Å². The van der Waals surface area contributed by atoms with E-state index in [4.69, 9.17) is 0 Å². The third-order valence-corrected chi connectivity index (χ3v) is 4.19. The molecule has 0 unspecified atom stereocenters. The van der Waals surface area contributed by atoms with Crippen molar-refractivity contribution in [3.63, 3.8) is 0 Å². The van der Waals surface area contributed by atoms with Gasteiger partial charge in [0.05, 0.1) is 12.0 Å². The highest BCUT2D eigenvalue weighted by Crippen LogP contribution is 2.17. The summed E-state index contributed by atoms with van der Waals surface area (Å²) >= 11 is 0. The molecule has 0 aromatic heterocycles. The Labute approximate surface area is 129 Å². The lowest BCUT2D eigenvalue weighted by atomic mass is 10.2. The van der Waals surface area contributed by atoms with Crippen molar-refractivity contribution in [1.29, 1.82) is 0 Å². The van der Waals surface area contributed by atoms with Crippen LogP contribution in [0.25, 0.3) is 6.08 Å². The van der Waals surface area contributed by atoms with Gasteiger partial charge in [-0.15, -0.1) is 0 Å². The molecule has 0 amide bonds. The van der Waals surface area contributed by atoms with Gasteiger partial charge in [0.1, 0.15) is 0 Å². The summed E-state index contributed by atoms with van der Waals surface area (Å²) in [5.41, 5.74) is 1.07. The number of ether oxygens (including phenoxy) is 1. The molecule has 114 valence electrons. The lowest BCUT2D eigenvalue weighted by Gasteiger charge is -2.08. The van der Waals surface area contributed by atoms with Gasteiger partial charge >= 0.3 is 5.97 Å².